The van der Waals surface area contributed by atoms with Gasteiger partial charge in [0.1, 0.15) is 0 Å². The number of amides is 1. The van der Waals surface area contributed by atoms with Crippen LogP contribution in [-0.4, -0.2) is 29.3 Å². The summed E-state index contributed by atoms with van der Waals surface area (Å²) in [6.45, 7) is 2.67. The summed E-state index contributed by atoms with van der Waals surface area (Å²) in [4.78, 5) is 22.6. The molecule has 0 saturated heterocycles. The van der Waals surface area contributed by atoms with Gasteiger partial charge in [0.2, 0.25) is 5.91 Å². The molecule has 0 fully saturated rings. The van der Waals surface area contributed by atoms with Crippen molar-refractivity contribution in [1.29, 1.82) is 0 Å². The van der Waals surface area contributed by atoms with Gasteiger partial charge in [-0.15, -0.1) is 0 Å². The molecule has 0 aromatic rings. The van der Waals surface area contributed by atoms with Crippen LogP contribution in [0.1, 0.15) is 58.3 Å². The monoisotopic (exact) mass is 289 g/mol. The summed E-state index contributed by atoms with van der Waals surface area (Å²) in [6, 6.07) is 0. The van der Waals surface area contributed by atoms with Gasteiger partial charge in [-0.2, -0.15) is 12.6 Å². The predicted octanol–water partition coefficient (Wildman–Crippen LogP) is 2.87. The number of hydrogen-bond acceptors (Lipinski definition) is 3. The van der Waals surface area contributed by atoms with E-state index in [0.29, 0.717) is 18.7 Å². The number of unbranched alkanes of at least 4 members (excludes halogenated alkanes) is 5. The fourth-order valence-corrected chi connectivity index (χ4v) is 2.14. The normalized spacial score (nSPS) is 12.1. The Hall–Kier alpha value is -0.710. The van der Waals surface area contributed by atoms with E-state index in [-0.39, 0.29) is 12.3 Å². The van der Waals surface area contributed by atoms with Crippen molar-refractivity contribution in [3.63, 3.8) is 0 Å². The Labute approximate surface area is 121 Å². The molecule has 0 spiro atoms. The van der Waals surface area contributed by atoms with Crippen LogP contribution in [0.3, 0.4) is 0 Å². The largest absolute Gasteiger partial charge is 0.481 e. The van der Waals surface area contributed by atoms with Crippen molar-refractivity contribution < 1.29 is 14.7 Å². The van der Waals surface area contributed by atoms with Crippen molar-refractivity contribution >= 4 is 24.5 Å². The summed E-state index contributed by atoms with van der Waals surface area (Å²) in [7, 11) is 0. The minimum atomic E-state index is -0.906. The fourth-order valence-electron chi connectivity index (χ4n) is 2.03. The Morgan fingerprint density at radius 3 is 2.37 bits per heavy atom. The van der Waals surface area contributed by atoms with Crippen molar-refractivity contribution in [3.8, 4) is 0 Å². The summed E-state index contributed by atoms with van der Waals surface area (Å²) in [5.41, 5.74) is 0. The highest BCUT2D eigenvalue weighted by atomic mass is 32.1. The molecule has 0 aromatic heterocycles. The van der Waals surface area contributed by atoms with Crippen LogP contribution in [0.2, 0.25) is 0 Å². The van der Waals surface area contributed by atoms with Gasteiger partial charge in [0.05, 0.1) is 6.42 Å². The predicted molar refractivity (Wildman–Crippen MR) is 80.6 cm³/mol. The number of nitrogens with one attached hydrogen (secondary N) is 1. The molecule has 0 heterocycles. The van der Waals surface area contributed by atoms with Gasteiger partial charge in [0.15, 0.2) is 0 Å². The van der Waals surface area contributed by atoms with Crippen LogP contribution < -0.4 is 5.32 Å². The zero-order chi connectivity index (χ0) is 14.5. The number of thiol groups is 1. The number of carboxylic acid groups (broad SMARTS) is 1. The zero-order valence-electron chi connectivity index (χ0n) is 11.9. The second-order valence-corrected chi connectivity index (χ2v) is 5.31. The average molecular weight is 289 g/mol. The molecule has 112 valence electrons. The fraction of sp³-hybridized carbons (Fsp3) is 0.857. The van der Waals surface area contributed by atoms with Gasteiger partial charge in [-0.25, -0.2) is 0 Å². The van der Waals surface area contributed by atoms with Crippen LogP contribution in [0.5, 0.6) is 0 Å². The molecule has 0 aliphatic rings. The lowest BCUT2D eigenvalue weighted by Crippen LogP contribution is -2.33. The van der Waals surface area contributed by atoms with Crippen molar-refractivity contribution in [2.45, 2.75) is 58.3 Å². The molecule has 0 rings (SSSR count). The van der Waals surface area contributed by atoms with E-state index in [2.05, 4.69) is 24.9 Å². The molecule has 4 nitrogen and oxygen atoms in total. The van der Waals surface area contributed by atoms with E-state index in [0.717, 1.165) is 12.8 Å². The maximum Gasteiger partial charge on any atom is 0.304 e. The van der Waals surface area contributed by atoms with E-state index in [1.807, 2.05) is 0 Å². The molecule has 5 heteroatoms. The van der Waals surface area contributed by atoms with Gasteiger partial charge in [0, 0.05) is 18.2 Å². The molecule has 0 bridgehead atoms. The number of rotatable bonds is 12. The third-order valence-corrected chi connectivity index (χ3v) is 3.33. The number of carbonyl (C=O) groups is 2. The maximum absolute atomic E-state index is 11.8. The van der Waals surface area contributed by atoms with Crippen LogP contribution in [0.15, 0.2) is 0 Å². The van der Waals surface area contributed by atoms with Crippen LogP contribution in [0.4, 0.5) is 0 Å². The average Bonchev–Trinajstić information content (AvgIpc) is 2.38. The summed E-state index contributed by atoms with van der Waals surface area (Å²) in [5.74, 6) is -0.881. The highest BCUT2D eigenvalue weighted by molar-refractivity contribution is 7.80. The van der Waals surface area contributed by atoms with Crippen molar-refractivity contribution in [2.75, 3.05) is 12.3 Å². The highest BCUT2D eigenvalue weighted by Crippen LogP contribution is 2.15. The third kappa shape index (κ3) is 10.9. The van der Waals surface area contributed by atoms with Crippen LogP contribution in [0, 0.1) is 5.92 Å². The van der Waals surface area contributed by atoms with Crippen molar-refractivity contribution in [1.82, 2.24) is 5.32 Å². The van der Waals surface area contributed by atoms with Gasteiger partial charge in [-0.1, -0.05) is 45.4 Å². The number of carboxylic acids is 1. The van der Waals surface area contributed by atoms with Gasteiger partial charge in [-0.05, 0) is 6.42 Å². The Morgan fingerprint density at radius 2 is 1.79 bits per heavy atom. The van der Waals surface area contributed by atoms with Gasteiger partial charge in [-0.3, -0.25) is 9.59 Å². The lowest BCUT2D eigenvalue weighted by atomic mass is 9.96. The van der Waals surface area contributed by atoms with E-state index in [9.17, 15) is 9.59 Å². The molecule has 0 aliphatic carbocycles. The van der Waals surface area contributed by atoms with Gasteiger partial charge in [0.25, 0.3) is 0 Å². The summed E-state index contributed by atoms with van der Waals surface area (Å²) >= 11 is 4.02. The zero-order valence-corrected chi connectivity index (χ0v) is 12.8. The second kappa shape index (κ2) is 12.3. The third-order valence-electron chi connectivity index (χ3n) is 3.11. The number of aliphatic carboxylic acids is 1. The van der Waals surface area contributed by atoms with Crippen LogP contribution >= 0.6 is 12.6 Å². The number of carbonyl (C=O) groups excluding carboxylic acids is 1. The molecule has 0 saturated carbocycles. The van der Waals surface area contributed by atoms with E-state index >= 15 is 0 Å². The highest BCUT2D eigenvalue weighted by Gasteiger charge is 2.20. The summed E-state index contributed by atoms with van der Waals surface area (Å²) in [5, 5.41) is 11.6. The van der Waals surface area contributed by atoms with Crippen molar-refractivity contribution in [3.05, 3.63) is 0 Å². The Balaban J connectivity index is 3.92. The molecule has 2 N–H and O–H groups in total. The first-order chi connectivity index (χ1) is 9.11. The Kier molecular flexibility index (Phi) is 11.9. The number of hydrogen-bond donors (Lipinski definition) is 3. The molecular formula is C14H27NO3S. The quantitative estimate of drug-likeness (QED) is 0.382. The maximum atomic E-state index is 11.8. The molecule has 0 radical (unpaired) electrons. The second-order valence-electron chi connectivity index (χ2n) is 4.87. The molecule has 0 aromatic carbocycles. The summed E-state index contributed by atoms with van der Waals surface area (Å²) in [6.07, 6.45) is 7.46. The van der Waals surface area contributed by atoms with Crippen LogP contribution in [0.25, 0.3) is 0 Å². The van der Waals surface area contributed by atoms with Gasteiger partial charge >= 0.3 is 5.97 Å². The molecule has 0 aliphatic heterocycles. The topological polar surface area (TPSA) is 66.4 Å². The minimum Gasteiger partial charge on any atom is -0.481 e. The van der Waals surface area contributed by atoms with Crippen LogP contribution in [-0.2, 0) is 9.59 Å². The standard InChI is InChI=1S/C14H27NO3S/c1-2-3-4-5-6-7-8-12(11-13(16)17)14(18)15-9-10-19/h12,19H,2-11H2,1H3,(H,15,18)(H,16,17). The van der Waals surface area contributed by atoms with E-state index in [4.69, 9.17) is 5.11 Å². The molecule has 19 heavy (non-hydrogen) atoms. The Morgan fingerprint density at radius 1 is 1.16 bits per heavy atom. The molecular weight excluding hydrogens is 262 g/mol. The van der Waals surface area contributed by atoms with E-state index in [1.165, 1.54) is 25.7 Å². The lowest BCUT2D eigenvalue weighted by Gasteiger charge is -2.14. The lowest BCUT2D eigenvalue weighted by molar-refractivity contribution is -0.141. The molecule has 1 unspecified atom stereocenters. The molecule has 1 amide bonds. The first-order valence-corrected chi connectivity index (χ1v) is 7.85. The van der Waals surface area contributed by atoms with E-state index in [1.54, 1.807) is 0 Å². The minimum absolute atomic E-state index is 0.0760. The Bertz CT molecular complexity index is 259. The first-order valence-electron chi connectivity index (χ1n) is 7.22. The summed E-state index contributed by atoms with van der Waals surface area (Å²) < 4.78 is 0. The smallest absolute Gasteiger partial charge is 0.304 e. The van der Waals surface area contributed by atoms with Crippen molar-refractivity contribution in [2.24, 2.45) is 5.92 Å². The molecule has 1 atom stereocenters. The van der Waals surface area contributed by atoms with Gasteiger partial charge < -0.3 is 10.4 Å². The first kappa shape index (κ1) is 18.3. The van der Waals surface area contributed by atoms with E-state index < -0.39 is 11.9 Å². The SMILES string of the molecule is CCCCCCCCC(CC(=O)O)C(=O)NCCS.